The summed E-state index contributed by atoms with van der Waals surface area (Å²) in [5.74, 6) is 0. The first-order valence-corrected chi connectivity index (χ1v) is 5.70. The van der Waals surface area contributed by atoms with Crippen molar-refractivity contribution in [1.82, 2.24) is 5.32 Å². The summed E-state index contributed by atoms with van der Waals surface area (Å²) < 4.78 is 5.07. The van der Waals surface area contributed by atoms with E-state index < -0.39 is 6.09 Å². The maximum atomic E-state index is 11.4. The van der Waals surface area contributed by atoms with E-state index in [0.717, 1.165) is 11.1 Å². The van der Waals surface area contributed by atoms with Gasteiger partial charge in [0.15, 0.2) is 0 Å². The summed E-state index contributed by atoms with van der Waals surface area (Å²) >= 11 is 0. The Morgan fingerprint density at radius 1 is 1.00 bits per heavy atom. The molecule has 0 atom stereocenters. The lowest BCUT2D eigenvalue weighted by molar-refractivity contribution is 0.142. The predicted molar refractivity (Wildman–Crippen MR) is 69.6 cm³/mol. The predicted octanol–water partition coefficient (Wildman–Crippen LogP) is 3.12. The van der Waals surface area contributed by atoms with Gasteiger partial charge in [-0.3, -0.25) is 0 Å². The van der Waals surface area contributed by atoms with Crippen LogP contribution in [0.5, 0.6) is 0 Å². The van der Waals surface area contributed by atoms with Crippen LogP contribution >= 0.6 is 0 Å². The summed E-state index contributed by atoms with van der Waals surface area (Å²) in [5.41, 5.74) is 1.89. The van der Waals surface area contributed by atoms with Gasteiger partial charge in [-0.05, 0) is 11.1 Å². The van der Waals surface area contributed by atoms with E-state index in [4.69, 9.17) is 4.74 Å². The van der Waals surface area contributed by atoms with E-state index in [1.54, 1.807) is 6.54 Å². The van der Waals surface area contributed by atoms with Crippen LogP contribution in [0, 0.1) is 6.54 Å². The average Bonchev–Trinajstić information content (AvgIpc) is 2.45. The Morgan fingerprint density at radius 2 is 1.61 bits per heavy atom. The highest BCUT2D eigenvalue weighted by Gasteiger charge is 2.02. The Bertz CT molecular complexity index is 437. The minimum absolute atomic E-state index is 0.273. The number of nitrogens with one attached hydrogen (secondary N) is 1. The molecule has 3 heteroatoms. The van der Waals surface area contributed by atoms with Crippen LogP contribution in [0.15, 0.2) is 60.7 Å². The normalized spacial score (nSPS) is 9.78. The fraction of sp³-hybridized carbons (Fsp3) is 0.0667. The molecule has 0 aromatic heterocycles. The molecule has 0 fully saturated rings. The minimum atomic E-state index is -0.456. The summed E-state index contributed by atoms with van der Waals surface area (Å²) in [7, 11) is 0. The summed E-state index contributed by atoms with van der Waals surface area (Å²) in [6.45, 7) is 1.89. The van der Waals surface area contributed by atoms with Crippen LogP contribution < -0.4 is 5.32 Å². The second-order valence-electron chi connectivity index (χ2n) is 3.76. The number of hydrogen-bond donors (Lipinski definition) is 1. The number of ether oxygens (including phenoxy) is 1. The van der Waals surface area contributed by atoms with Crippen LogP contribution in [0.1, 0.15) is 11.1 Å². The zero-order valence-electron chi connectivity index (χ0n) is 9.87. The van der Waals surface area contributed by atoms with Gasteiger partial charge in [-0.15, -0.1) is 0 Å². The van der Waals surface area contributed by atoms with Gasteiger partial charge in [0.25, 0.3) is 0 Å². The molecule has 0 aliphatic rings. The number of amides is 1. The highest BCUT2D eigenvalue weighted by atomic mass is 16.5. The molecule has 0 heterocycles. The van der Waals surface area contributed by atoms with Crippen molar-refractivity contribution in [2.45, 2.75) is 6.61 Å². The Kier molecular flexibility index (Phi) is 4.36. The van der Waals surface area contributed by atoms with Crippen molar-refractivity contribution in [2.75, 3.05) is 0 Å². The third-order valence-electron chi connectivity index (χ3n) is 2.37. The van der Waals surface area contributed by atoms with Gasteiger partial charge < -0.3 is 10.1 Å². The molecule has 0 saturated carbocycles. The molecule has 0 spiro atoms. The molecule has 1 amide bonds. The number of hydrogen-bond acceptors (Lipinski definition) is 2. The zero-order chi connectivity index (χ0) is 12.6. The summed E-state index contributed by atoms with van der Waals surface area (Å²) in [5, 5.41) is 2.58. The molecule has 18 heavy (non-hydrogen) atoms. The summed E-state index contributed by atoms with van der Waals surface area (Å²) in [4.78, 5) is 11.4. The molecule has 2 rings (SSSR count). The van der Waals surface area contributed by atoms with E-state index in [9.17, 15) is 4.79 Å². The smallest absolute Gasteiger partial charge is 0.408 e. The van der Waals surface area contributed by atoms with Gasteiger partial charge >= 0.3 is 6.09 Å². The van der Waals surface area contributed by atoms with Crippen molar-refractivity contribution in [2.24, 2.45) is 0 Å². The van der Waals surface area contributed by atoms with Crippen molar-refractivity contribution in [3.05, 3.63) is 78.3 Å². The maximum absolute atomic E-state index is 11.4. The van der Waals surface area contributed by atoms with Crippen molar-refractivity contribution < 1.29 is 9.53 Å². The third-order valence-corrected chi connectivity index (χ3v) is 2.37. The van der Waals surface area contributed by atoms with E-state index in [2.05, 4.69) is 5.32 Å². The largest absolute Gasteiger partial charge is 0.445 e. The molecule has 91 valence electrons. The van der Waals surface area contributed by atoms with Crippen LogP contribution in [-0.4, -0.2) is 6.09 Å². The molecule has 0 bridgehead atoms. The zero-order valence-corrected chi connectivity index (χ0v) is 9.87. The second kappa shape index (κ2) is 6.45. The van der Waals surface area contributed by atoms with Crippen LogP contribution in [-0.2, 0) is 11.3 Å². The fourth-order valence-corrected chi connectivity index (χ4v) is 1.46. The van der Waals surface area contributed by atoms with Gasteiger partial charge in [0, 0.05) is 0 Å². The van der Waals surface area contributed by atoms with Gasteiger partial charge in [0.05, 0.1) is 6.54 Å². The molecule has 0 aliphatic carbocycles. The first kappa shape index (κ1) is 12.2. The number of carbonyl (C=O) groups excluding carboxylic acids is 1. The van der Waals surface area contributed by atoms with E-state index in [-0.39, 0.29) is 6.61 Å². The summed E-state index contributed by atoms with van der Waals surface area (Å²) in [6.07, 6.45) is -0.456. The monoisotopic (exact) mass is 240 g/mol. The number of carbonyl (C=O) groups is 1. The lowest BCUT2D eigenvalue weighted by Gasteiger charge is -2.06. The van der Waals surface area contributed by atoms with Gasteiger partial charge in [-0.2, -0.15) is 0 Å². The number of rotatable bonds is 4. The van der Waals surface area contributed by atoms with E-state index in [0.29, 0.717) is 0 Å². The highest BCUT2D eigenvalue weighted by Crippen LogP contribution is 2.02. The van der Waals surface area contributed by atoms with E-state index in [1.165, 1.54) is 0 Å². The van der Waals surface area contributed by atoms with Crippen LogP contribution in [0.4, 0.5) is 4.79 Å². The van der Waals surface area contributed by atoms with Crippen LogP contribution in [0.3, 0.4) is 0 Å². The summed E-state index contributed by atoms with van der Waals surface area (Å²) in [6, 6.07) is 19.1. The first-order chi connectivity index (χ1) is 8.84. The van der Waals surface area contributed by atoms with Gasteiger partial charge in [-0.25, -0.2) is 4.79 Å². The highest BCUT2D eigenvalue weighted by molar-refractivity contribution is 5.68. The molecule has 0 aliphatic heterocycles. The molecule has 0 unspecified atom stereocenters. The molecule has 1 radical (unpaired) electrons. The second-order valence-corrected chi connectivity index (χ2v) is 3.76. The average molecular weight is 240 g/mol. The topological polar surface area (TPSA) is 38.3 Å². The van der Waals surface area contributed by atoms with Gasteiger partial charge in [0.2, 0.25) is 0 Å². The lowest BCUT2D eigenvalue weighted by atomic mass is 10.2. The minimum Gasteiger partial charge on any atom is -0.445 e. The van der Waals surface area contributed by atoms with Crippen molar-refractivity contribution in [3.8, 4) is 0 Å². The lowest BCUT2D eigenvalue weighted by Crippen LogP contribution is -2.21. The number of alkyl carbamates (subject to hydrolysis) is 1. The standard InChI is InChI=1S/C15H14NO2/c17-15(16-11-13-7-3-1-4-8-13)18-12-14-9-5-2-6-10-14/h1-11H,12H2,(H,16,17). The van der Waals surface area contributed by atoms with Crippen LogP contribution in [0.25, 0.3) is 0 Å². The Labute approximate surface area is 106 Å². The van der Waals surface area contributed by atoms with Crippen molar-refractivity contribution in [3.63, 3.8) is 0 Å². The first-order valence-electron chi connectivity index (χ1n) is 5.70. The van der Waals surface area contributed by atoms with E-state index in [1.807, 2.05) is 60.7 Å². The number of benzene rings is 2. The third kappa shape index (κ3) is 3.94. The van der Waals surface area contributed by atoms with Crippen molar-refractivity contribution in [1.29, 1.82) is 0 Å². The Morgan fingerprint density at radius 3 is 2.28 bits per heavy atom. The molecule has 0 saturated heterocycles. The van der Waals surface area contributed by atoms with Crippen molar-refractivity contribution >= 4 is 6.09 Å². The molecule has 3 nitrogen and oxygen atoms in total. The quantitative estimate of drug-likeness (QED) is 0.891. The fourth-order valence-electron chi connectivity index (χ4n) is 1.46. The Hall–Kier alpha value is -2.29. The maximum Gasteiger partial charge on any atom is 0.408 e. The molecular weight excluding hydrogens is 226 g/mol. The molecular formula is C15H14NO2. The van der Waals surface area contributed by atoms with Gasteiger partial charge in [0.1, 0.15) is 6.61 Å². The van der Waals surface area contributed by atoms with E-state index >= 15 is 0 Å². The Balaban J connectivity index is 1.73. The molecule has 1 N–H and O–H groups in total. The SMILES string of the molecule is O=C(N[CH]c1ccccc1)OCc1ccccc1. The molecule has 2 aromatic rings. The molecule has 2 aromatic carbocycles. The van der Waals surface area contributed by atoms with Gasteiger partial charge in [-0.1, -0.05) is 60.7 Å². The van der Waals surface area contributed by atoms with Crippen LogP contribution in [0.2, 0.25) is 0 Å².